The Kier molecular flexibility index (Phi) is 6.21. The van der Waals surface area contributed by atoms with Gasteiger partial charge in [0.15, 0.2) is 0 Å². The molecule has 1 unspecified atom stereocenters. The average Bonchev–Trinajstić information content (AvgIpc) is 3.10. The summed E-state index contributed by atoms with van der Waals surface area (Å²) < 4.78 is 16.0. The molecule has 0 saturated carbocycles. The van der Waals surface area contributed by atoms with E-state index < -0.39 is 0 Å². The van der Waals surface area contributed by atoms with Gasteiger partial charge < -0.3 is 24.1 Å². The number of hydrogen-bond donors (Lipinski definition) is 1. The van der Waals surface area contributed by atoms with Crippen LogP contribution in [0.25, 0.3) is 11.0 Å². The minimum absolute atomic E-state index is 0.0427. The van der Waals surface area contributed by atoms with Crippen LogP contribution in [0.3, 0.4) is 0 Å². The number of hydrogen-bond acceptors (Lipinski definition) is 5. The van der Waals surface area contributed by atoms with Crippen molar-refractivity contribution < 1.29 is 18.7 Å². The minimum atomic E-state index is -0.0427. The van der Waals surface area contributed by atoms with Crippen LogP contribution in [-0.2, 0) is 11.2 Å². The molecule has 0 saturated heterocycles. The van der Waals surface area contributed by atoms with Gasteiger partial charge in [-0.25, -0.2) is 0 Å². The zero-order chi connectivity index (χ0) is 20.1. The van der Waals surface area contributed by atoms with Gasteiger partial charge in [0.2, 0.25) is 5.91 Å². The maximum Gasteiger partial charge on any atom is 0.224 e. The first kappa shape index (κ1) is 19.8. The van der Waals surface area contributed by atoms with Crippen molar-refractivity contribution in [2.75, 3.05) is 34.9 Å². The second-order valence-corrected chi connectivity index (χ2v) is 6.86. The molecule has 0 bridgehead atoms. The average molecular weight is 382 g/mol. The molecule has 3 aromatic rings. The highest BCUT2D eigenvalue weighted by atomic mass is 16.5. The fraction of sp³-hybridized carbons (Fsp3) is 0.318. The van der Waals surface area contributed by atoms with E-state index in [0.717, 1.165) is 28.0 Å². The van der Waals surface area contributed by atoms with Crippen molar-refractivity contribution in [3.8, 4) is 11.5 Å². The van der Waals surface area contributed by atoms with Crippen molar-refractivity contribution in [3.05, 3.63) is 59.9 Å². The van der Waals surface area contributed by atoms with E-state index in [9.17, 15) is 4.79 Å². The van der Waals surface area contributed by atoms with E-state index in [1.54, 1.807) is 20.5 Å². The largest absolute Gasteiger partial charge is 0.497 e. The van der Waals surface area contributed by atoms with Crippen LogP contribution in [0.1, 0.15) is 17.2 Å². The Bertz CT molecular complexity index is 931. The lowest BCUT2D eigenvalue weighted by atomic mass is 10.1. The number of ether oxygens (including phenoxy) is 2. The molecule has 2 aromatic carbocycles. The van der Waals surface area contributed by atoms with Gasteiger partial charge in [0.25, 0.3) is 0 Å². The molecule has 1 atom stereocenters. The third kappa shape index (κ3) is 4.46. The lowest BCUT2D eigenvalue weighted by Crippen LogP contribution is -2.35. The Morgan fingerprint density at radius 2 is 1.75 bits per heavy atom. The Morgan fingerprint density at radius 3 is 2.39 bits per heavy atom. The number of benzene rings is 2. The van der Waals surface area contributed by atoms with Crippen LogP contribution in [0.5, 0.6) is 11.5 Å². The molecule has 6 heteroatoms. The number of likely N-dealkylation sites (N-methyl/N-ethyl adjacent to an activating group) is 1. The van der Waals surface area contributed by atoms with Crippen molar-refractivity contribution >= 4 is 16.9 Å². The van der Waals surface area contributed by atoms with Crippen LogP contribution >= 0.6 is 0 Å². The molecule has 0 spiro atoms. The molecule has 28 heavy (non-hydrogen) atoms. The van der Waals surface area contributed by atoms with Gasteiger partial charge in [-0.1, -0.05) is 12.1 Å². The summed E-state index contributed by atoms with van der Waals surface area (Å²) in [5, 5.41) is 3.96. The summed E-state index contributed by atoms with van der Waals surface area (Å²) in [6.45, 7) is 0.516. The van der Waals surface area contributed by atoms with Crippen LogP contribution in [0.15, 0.2) is 53.1 Å². The summed E-state index contributed by atoms with van der Waals surface area (Å²) in [6.07, 6.45) is 1.90. The van der Waals surface area contributed by atoms with Gasteiger partial charge in [0, 0.05) is 23.6 Å². The van der Waals surface area contributed by atoms with Gasteiger partial charge in [-0.2, -0.15) is 0 Å². The number of carbonyl (C=O) groups excluding carboxylic acids is 1. The standard InChI is InChI=1S/C22H26N2O4/c1-24(2)20(15-5-7-17(26-3)8-6-15)13-23-22(25)11-16-14-28-21-12-18(27-4)9-10-19(16)21/h5-10,12,14,20H,11,13H2,1-4H3,(H,23,25). The Hall–Kier alpha value is -2.99. The number of nitrogens with one attached hydrogen (secondary N) is 1. The maximum absolute atomic E-state index is 12.5. The summed E-state index contributed by atoms with van der Waals surface area (Å²) in [5.41, 5.74) is 2.69. The van der Waals surface area contributed by atoms with Crippen LogP contribution in [-0.4, -0.2) is 45.7 Å². The quantitative estimate of drug-likeness (QED) is 0.647. The molecule has 0 radical (unpaired) electrons. The fourth-order valence-corrected chi connectivity index (χ4v) is 3.20. The lowest BCUT2D eigenvalue weighted by molar-refractivity contribution is -0.120. The first-order chi connectivity index (χ1) is 13.5. The van der Waals surface area contributed by atoms with Crippen molar-refractivity contribution in [2.24, 2.45) is 0 Å². The van der Waals surface area contributed by atoms with E-state index in [1.165, 1.54) is 0 Å². The third-order valence-electron chi connectivity index (χ3n) is 4.83. The molecule has 1 N–H and O–H groups in total. The first-order valence-electron chi connectivity index (χ1n) is 9.13. The van der Waals surface area contributed by atoms with Gasteiger partial charge in [0.1, 0.15) is 17.1 Å². The maximum atomic E-state index is 12.5. The third-order valence-corrected chi connectivity index (χ3v) is 4.83. The zero-order valence-corrected chi connectivity index (χ0v) is 16.7. The number of nitrogens with zero attached hydrogens (tertiary/aromatic N) is 1. The summed E-state index contributed by atoms with van der Waals surface area (Å²) in [5.74, 6) is 1.50. The second kappa shape index (κ2) is 8.80. The van der Waals surface area contributed by atoms with E-state index >= 15 is 0 Å². The molecule has 148 valence electrons. The van der Waals surface area contributed by atoms with Gasteiger partial charge in [-0.05, 0) is 43.9 Å². The Labute approximate surface area is 165 Å². The monoisotopic (exact) mass is 382 g/mol. The topological polar surface area (TPSA) is 63.9 Å². The number of furan rings is 1. The Morgan fingerprint density at radius 1 is 1.07 bits per heavy atom. The molecule has 0 aliphatic heterocycles. The SMILES string of the molecule is COc1ccc(C(CNC(=O)Cc2coc3cc(OC)ccc23)N(C)C)cc1. The van der Waals surface area contributed by atoms with Crippen molar-refractivity contribution in [2.45, 2.75) is 12.5 Å². The number of amides is 1. The predicted molar refractivity (Wildman–Crippen MR) is 109 cm³/mol. The van der Waals surface area contributed by atoms with Crippen LogP contribution in [0.4, 0.5) is 0 Å². The van der Waals surface area contributed by atoms with Gasteiger partial charge in [0.05, 0.1) is 32.9 Å². The van der Waals surface area contributed by atoms with Crippen LogP contribution < -0.4 is 14.8 Å². The van der Waals surface area contributed by atoms with Crippen molar-refractivity contribution in [3.63, 3.8) is 0 Å². The van der Waals surface area contributed by atoms with E-state index in [1.807, 2.05) is 56.6 Å². The summed E-state index contributed by atoms with van der Waals surface area (Å²) in [7, 11) is 7.26. The molecule has 1 heterocycles. The highest BCUT2D eigenvalue weighted by molar-refractivity contribution is 5.88. The van der Waals surface area contributed by atoms with E-state index in [4.69, 9.17) is 13.9 Å². The smallest absolute Gasteiger partial charge is 0.224 e. The molecular weight excluding hydrogens is 356 g/mol. The van der Waals surface area contributed by atoms with E-state index in [2.05, 4.69) is 10.2 Å². The first-order valence-corrected chi connectivity index (χ1v) is 9.13. The normalized spacial score (nSPS) is 12.2. The van der Waals surface area contributed by atoms with Gasteiger partial charge >= 0.3 is 0 Å². The van der Waals surface area contributed by atoms with Gasteiger partial charge in [-0.15, -0.1) is 0 Å². The summed E-state index contributed by atoms with van der Waals surface area (Å²) in [6, 6.07) is 13.6. The predicted octanol–water partition coefficient (Wildman–Crippen LogP) is 3.41. The minimum Gasteiger partial charge on any atom is -0.497 e. The van der Waals surface area contributed by atoms with E-state index in [0.29, 0.717) is 12.1 Å². The van der Waals surface area contributed by atoms with Gasteiger partial charge in [-0.3, -0.25) is 4.79 Å². The molecule has 1 aromatic heterocycles. The Balaban J connectivity index is 1.65. The van der Waals surface area contributed by atoms with E-state index in [-0.39, 0.29) is 18.4 Å². The highest BCUT2D eigenvalue weighted by Gasteiger charge is 2.17. The second-order valence-electron chi connectivity index (χ2n) is 6.86. The lowest BCUT2D eigenvalue weighted by Gasteiger charge is -2.25. The summed E-state index contributed by atoms with van der Waals surface area (Å²) in [4.78, 5) is 14.6. The number of fused-ring (bicyclic) bond motifs is 1. The molecule has 0 aliphatic carbocycles. The number of methoxy groups -OCH3 is 2. The molecule has 0 aliphatic rings. The number of carbonyl (C=O) groups is 1. The summed E-state index contributed by atoms with van der Waals surface area (Å²) >= 11 is 0. The molecular formula is C22H26N2O4. The van der Waals surface area contributed by atoms with Crippen molar-refractivity contribution in [1.82, 2.24) is 10.2 Å². The van der Waals surface area contributed by atoms with Crippen molar-refractivity contribution in [1.29, 1.82) is 0 Å². The molecule has 0 fully saturated rings. The van der Waals surface area contributed by atoms with Crippen LogP contribution in [0, 0.1) is 0 Å². The van der Waals surface area contributed by atoms with Crippen LogP contribution in [0.2, 0.25) is 0 Å². The molecule has 3 rings (SSSR count). The fourth-order valence-electron chi connectivity index (χ4n) is 3.20. The molecule has 1 amide bonds. The molecule has 6 nitrogen and oxygen atoms in total. The zero-order valence-electron chi connectivity index (χ0n) is 16.7. The number of rotatable bonds is 8. The highest BCUT2D eigenvalue weighted by Crippen LogP contribution is 2.26.